The molecule has 0 N–H and O–H groups in total. The average molecular weight is 208 g/mol. The molecule has 1 aliphatic carbocycles. The number of carbonyl (C=O) groups excluding carboxylic acids is 1. The summed E-state index contributed by atoms with van der Waals surface area (Å²) in [5.41, 5.74) is 1.30. The Morgan fingerprint density at radius 3 is 2.13 bits per heavy atom. The second-order valence-electron chi connectivity index (χ2n) is 4.87. The first-order valence-corrected chi connectivity index (χ1v) is 6.40. The second kappa shape index (κ2) is 6.09. The highest BCUT2D eigenvalue weighted by Gasteiger charge is 2.22. The molecule has 0 heterocycles. The normalized spacial score (nSPS) is 26.1. The molecule has 0 unspecified atom stereocenters. The summed E-state index contributed by atoms with van der Waals surface area (Å²) in [5.74, 6) is 1.55. The molecule has 0 saturated heterocycles. The van der Waals surface area contributed by atoms with Gasteiger partial charge in [-0.2, -0.15) is 0 Å². The predicted molar refractivity (Wildman–Crippen MR) is 64.8 cm³/mol. The van der Waals surface area contributed by atoms with Gasteiger partial charge in [0.25, 0.3) is 0 Å². The number of hydrogen-bond donors (Lipinski definition) is 0. The highest BCUT2D eigenvalue weighted by molar-refractivity contribution is 5.92. The zero-order valence-electron chi connectivity index (χ0n) is 10.4. The number of carbonyl (C=O) groups is 1. The van der Waals surface area contributed by atoms with Crippen molar-refractivity contribution < 1.29 is 4.79 Å². The maximum atomic E-state index is 12.0. The first kappa shape index (κ1) is 12.5. The van der Waals surface area contributed by atoms with E-state index < -0.39 is 0 Å². The van der Waals surface area contributed by atoms with Gasteiger partial charge in [-0.25, -0.2) is 0 Å². The van der Waals surface area contributed by atoms with Gasteiger partial charge in [-0.3, -0.25) is 4.79 Å². The highest BCUT2D eigenvalue weighted by Crippen LogP contribution is 2.29. The molecule has 0 atom stereocenters. The van der Waals surface area contributed by atoms with Crippen molar-refractivity contribution in [3.05, 3.63) is 11.6 Å². The van der Waals surface area contributed by atoms with Crippen molar-refractivity contribution in [1.29, 1.82) is 0 Å². The van der Waals surface area contributed by atoms with Crippen LogP contribution in [0.3, 0.4) is 0 Å². The maximum absolute atomic E-state index is 12.0. The van der Waals surface area contributed by atoms with Gasteiger partial charge in [-0.15, -0.1) is 0 Å². The third kappa shape index (κ3) is 3.81. The van der Waals surface area contributed by atoms with Gasteiger partial charge in [0, 0.05) is 5.92 Å². The molecule has 0 aromatic rings. The first-order chi connectivity index (χ1) is 7.17. The highest BCUT2D eigenvalue weighted by atomic mass is 16.1. The van der Waals surface area contributed by atoms with Crippen molar-refractivity contribution in [1.82, 2.24) is 0 Å². The molecular formula is C14H24O. The Hall–Kier alpha value is -0.590. The monoisotopic (exact) mass is 208 g/mol. The molecule has 0 aromatic carbocycles. The number of rotatable bonds is 4. The standard InChI is InChI=1S/C14H24O/c1-4-12(5-2)10-14(15)13-8-6-11(3)7-9-13/h10-11,13H,4-9H2,1-3H3. The van der Waals surface area contributed by atoms with Crippen LogP contribution in [0.5, 0.6) is 0 Å². The van der Waals surface area contributed by atoms with Gasteiger partial charge in [0.1, 0.15) is 0 Å². The van der Waals surface area contributed by atoms with Crippen LogP contribution < -0.4 is 0 Å². The van der Waals surface area contributed by atoms with Crippen molar-refractivity contribution in [3.63, 3.8) is 0 Å². The van der Waals surface area contributed by atoms with Gasteiger partial charge in [0.15, 0.2) is 5.78 Å². The topological polar surface area (TPSA) is 17.1 Å². The third-order valence-corrected chi connectivity index (χ3v) is 3.67. The minimum Gasteiger partial charge on any atom is -0.295 e. The van der Waals surface area contributed by atoms with Gasteiger partial charge in [0.2, 0.25) is 0 Å². The minimum atomic E-state index is 0.328. The van der Waals surface area contributed by atoms with Crippen LogP contribution in [0.2, 0.25) is 0 Å². The Kier molecular flexibility index (Phi) is 5.07. The molecule has 86 valence electrons. The van der Waals surface area contributed by atoms with E-state index in [9.17, 15) is 4.79 Å². The molecule has 1 aliphatic rings. The van der Waals surface area contributed by atoms with Gasteiger partial charge in [-0.1, -0.05) is 39.2 Å². The maximum Gasteiger partial charge on any atom is 0.158 e. The van der Waals surface area contributed by atoms with Gasteiger partial charge < -0.3 is 0 Å². The molecule has 0 amide bonds. The minimum absolute atomic E-state index is 0.328. The summed E-state index contributed by atoms with van der Waals surface area (Å²) in [5, 5.41) is 0. The van der Waals surface area contributed by atoms with Crippen LogP contribution in [-0.2, 0) is 4.79 Å². The molecule has 1 heteroatoms. The van der Waals surface area contributed by atoms with E-state index in [2.05, 4.69) is 20.8 Å². The second-order valence-corrected chi connectivity index (χ2v) is 4.87. The molecular weight excluding hydrogens is 184 g/mol. The third-order valence-electron chi connectivity index (χ3n) is 3.67. The fourth-order valence-corrected chi connectivity index (χ4v) is 2.32. The fraction of sp³-hybridized carbons (Fsp3) is 0.786. The Bertz CT molecular complexity index is 226. The van der Waals surface area contributed by atoms with E-state index in [1.54, 1.807) is 0 Å². The van der Waals surface area contributed by atoms with Crippen LogP contribution in [0.1, 0.15) is 59.3 Å². The van der Waals surface area contributed by atoms with Crippen LogP contribution in [0.15, 0.2) is 11.6 Å². The zero-order valence-corrected chi connectivity index (χ0v) is 10.4. The summed E-state index contributed by atoms with van der Waals surface area (Å²) in [6.07, 6.45) is 8.64. The van der Waals surface area contributed by atoms with E-state index in [1.807, 2.05) is 6.08 Å². The lowest BCUT2D eigenvalue weighted by molar-refractivity contribution is -0.119. The molecule has 0 aliphatic heterocycles. The van der Waals surface area contributed by atoms with Crippen LogP contribution in [0.25, 0.3) is 0 Å². The van der Waals surface area contributed by atoms with E-state index in [4.69, 9.17) is 0 Å². The Morgan fingerprint density at radius 2 is 1.67 bits per heavy atom. The Labute approximate surface area is 93.9 Å². The summed E-state index contributed by atoms with van der Waals surface area (Å²) in [6.45, 7) is 6.55. The van der Waals surface area contributed by atoms with E-state index in [0.717, 1.165) is 31.6 Å². The lowest BCUT2D eigenvalue weighted by Crippen LogP contribution is -2.19. The van der Waals surface area contributed by atoms with Crippen molar-refractivity contribution in [2.24, 2.45) is 11.8 Å². The molecule has 1 fully saturated rings. The van der Waals surface area contributed by atoms with E-state index >= 15 is 0 Å². The van der Waals surface area contributed by atoms with E-state index in [-0.39, 0.29) is 0 Å². The molecule has 0 radical (unpaired) electrons. The quantitative estimate of drug-likeness (QED) is 0.635. The van der Waals surface area contributed by atoms with Crippen LogP contribution in [0, 0.1) is 11.8 Å². The van der Waals surface area contributed by atoms with Gasteiger partial charge in [-0.05, 0) is 37.7 Å². The molecule has 0 spiro atoms. The van der Waals surface area contributed by atoms with Crippen molar-refractivity contribution in [3.8, 4) is 0 Å². The van der Waals surface area contributed by atoms with Crippen molar-refractivity contribution in [2.75, 3.05) is 0 Å². The Balaban J connectivity index is 2.50. The SMILES string of the molecule is CCC(=CC(=O)C1CCC(C)CC1)CC. The first-order valence-electron chi connectivity index (χ1n) is 6.40. The van der Waals surface area contributed by atoms with Gasteiger partial charge >= 0.3 is 0 Å². The summed E-state index contributed by atoms with van der Waals surface area (Å²) < 4.78 is 0. The van der Waals surface area contributed by atoms with Crippen LogP contribution in [-0.4, -0.2) is 5.78 Å². The van der Waals surface area contributed by atoms with Gasteiger partial charge in [0.05, 0.1) is 0 Å². The van der Waals surface area contributed by atoms with Crippen LogP contribution in [0.4, 0.5) is 0 Å². The fourth-order valence-electron chi connectivity index (χ4n) is 2.32. The lowest BCUT2D eigenvalue weighted by atomic mass is 9.80. The Morgan fingerprint density at radius 1 is 1.13 bits per heavy atom. The number of ketones is 1. The van der Waals surface area contributed by atoms with E-state index in [0.29, 0.717) is 11.7 Å². The largest absolute Gasteiger partial charge is 0.295 e. The number of hydrogen-bond acceptors (Lipinski definition) is 1. The smallest absolute Gasteiger partial charge is 0.158 e. The summed E-state index contributed by atoms with van der Waals surface area (Å²) in [7, 11) is 0. The molecule has 1 nitrogen and oxygen atoms in total. The summed E-state index contributed by atoms with van der Waals surface area (Å²) in [4.78, 5) is 12.0. The van der Waals surface area contributed by atoms with E-state index in [1.165, 1.54) is 18.4 Å². The molecule has 15 heavy (non-hydrogen) atoms. The summed E-state index contributed by atoms with van der Waals surface area (Å²) in [6, 6.07) is 0. The predicted octanol–water partition coefficient (Wildman–Crippen LogP) is 4.13. The zero-order chi connectivity index (χ0) is 11.3. The molecule has 1 rings (SSSR count). The van der Waals surface area contributed by atoms with Crippen LogP contribution >= 0.6 is 0 Å². The molecule has 0 aromatic heterocycles. The molecule has 1 saturated carbocycles. The van der Waals surface area contributed by atoms with Crippen molar-refractivity contribution >= 4 is 5.78 Å². The molecule has 0 bridgehead atoms. The lowest BCUT2D eigenvalue weighted by Gasteiger charge is -2.24. The summed E-state index contributed by atoms with van der Waals surface area (Å²) >= 11 is 0. The number of allylic oxidation sites excluding steroid dienone is 2. The average Bonchev–Trinajstić information content (AvgIpc) is 2.26. The van der Waals surface area contributed by atoms with Crippen molar-refractivity contribution in [2.45, 2.75) is 59.3 Å².